The van der Waals surface area contributed by atoms with Gasteiger partial charge in [-0.25, -0.2) is 19.7 Å². The minimum atomic E-state index is -0.411. The molecule has 178 valence electrons. The normalized spacial score (nSPS) is 19.2. The molecule has 3 amide bonds. The fourth-order valence-electron chi connectivity index (χ4n) is 3.64. The Morgan fingerprint density at radius 2 is 1.97 bits per heavy atom. The number of likely N-dealkylation sites (N-methyl/N-ethyl adjacent to an activating group) is 1. The quantitative estimate of drug-likeness (QED) is 0.680. The lowest BCUT2D eigenvalue weighted by Crippen LogP contribution is -2.51. The average molecular weight is 457 g/mol. The summed E-state index contributed by atoms with van der Waals surface area (Å²) >= 11 is 0. The third-order valence-electron chi connectivity index (χ3n) is 5.63. The minimum absolute atomic E-state index is 0.0110. The van der Waals surface area contributed by atoms with Gasteiger partial charge in [0.05, 0.1) is 19.2 Å². The minimum Gasteiger partial charge on any atom is -0.472 e. The van der Waals surface area contributed by atoms with E-state index in [9.17, 15) is 14.7 Å². The molecular formula is C23H32N6O4. The fraction of sp³-hybridized carbons (Fsp3) is 0.522. The molecule has 0 unspecified atom stereocenters. The highest BCUT2D eigenvalue weighted by atomic mass is 16.5. The van der Waals surface area contributed by atoms with Gasteiger partial charge in [0.1, 0.15) is 18.0 Å². The molecule has 2 aromatic rings. The summed E-state index contributed by atoms with van der Waals surface area (Å²) in [5.74, 6) is -0.187. The van der Waals surface area contributed by atoms with Gasteiger partial charge in [0.15, 0.2) is 0 Å². The van der Waals surface area contributed by atoms with Crippen molar-refractivity contribution in [1.29, 1.82) is 0 Å². The molecule has 2 N–H and O–H groups in total. The van der Waals surface area contributed by atoms with Crippen molar-refractivity contribution in [3.63, 3.8) is 0 Å². The number of carbonyl (C=O) groups is 2. The summed E-state index contributed by atoms with van der Waals surface area (Å²) in [6.07, 6.45) is 5.93. The van der Waals surface area contributed by atoms with E-state index in [1.807, 2.05) is 20.8 Å². The van der Waals surface area contributed by atoms with E-state index in [4.69, 9.17) is 4.74 Å². The Kier molecular flexibility index (Phi) is 7.80. The van der Waals surface area contributed by atoms with Crippen LogP contribution in [0.15, 0.2) is 31.0 Å². The van der Waals surface area contributed by atoms with Crippen molar-refractivity contribution in [2.75, 3.05) is 26.7 Å². The first-order chi connectivity index (χ1) is 15.7. The number of fused-ring (bicyclic) bond motifs is 1. The standard InChI is InChI=1S/C23H32N6O4/c1-14(2)27-23(32)28(5)11-20-15(3)10-29(16(4)12-30)22(31)19-6-17(9-26-21(19)33-20)18-7-24-13-25-8-18/h6-9,13-16,20,30H,10-12H2,1-5H3,(H,27,32)/t15-,16-,20-/m0/s1. The molecule has 0 saturated carbocycles. The molecule has 3 rings (SSSR count). The van der Waals surface area contributed by atoms with E-state index in [0.717, 1.165) is 5.56 Å². The first kappa shape index (κ1) is 24.4. The average Bonchev–Trinajstić information content (AvgIpc) is 2.80. The van der Waals surface area contributed by atoms with Gasteiger partial charge >= 0.3 is 6.03 Å². The van der Waals surface area contributed by atoms with Crippen LogP contribution >= 0.6 is 0 Å². The lowest BCUT2D eigenvalue weighted by molar-refractivity contribution is 0.0352. The number of hydrogen-bond acceptors (Lipinski definition) is 7. The van der Waals surface area contributed by atoms with Crippen molar-refractivity contribution in [3.05, 3.63) is 36.5 Å². The summed E-state index contributed by atoms with van der Waals surface area (Å²) in [6.45, 7) is 8.06. The summed E-state index contributed by atoms with van der Waals surface area (Å²) in [5, 5.41) is 12.7. The van der Waals surface area contributed by atoms with Crippen molar-refractivity contribution in [2.24, 2.45) is 5.92 Å². The van der Waals surface area contributed by atoms with Gasteiger partial charge in [0, 0.05) is 55.3 Å². The number of carbonyl (C=O) groups excluding carboxylic acids is 2. The molecule has 0 fully saturated rings. The summed E-state index contributed by atoms with van der Waals surface area (Å²) in [7, 11) is 1.71. The Labute approximate surface area is 194 Å². The molecule has 0 spiro atoms. The number of rotatable bonds is 6. The molecule has 10 heteroatoms. The number of amides is 3. The van der Waals surface area contributed by atoms with Gasteiger partial charge in [-0.1, -0.05) is 6.92 Å². The number of aliphatic hydroxyl groups excluding tert-OH is 1. The maximum Gasteiger partial charge on any atom is 0.317 e. The molecule has 3 atom stereocenters. The van der Waals surface area contributed by atoms with Crippen LogP contribution in [0.4, 0.5) is 4.79 Å². The molecule has 0 radical (unpaired) electrons. The highest BCUT2D eigenvalue weighted by Crippen LogP contribution is 2.30. The molecule has 1 aliphatic heterocycles. The molecule has 3 heterocycles. The lowest BCUT2D eigenvalue weighted by atomic mass is 9.99. The monoisotopic (exact) mass is 456 g/mol. The second-order valence-corrected chi connectivity index (χ2v) is 8.81. The second-order valence-electron chi connectivity index (χ2n) is 8.81. The van der Waals surface area contributed by atoms with E-state index in [2.05, 4.69) is 20.3 Å². The molecule has 10 nitrogen and oxygen atoms in total. The van der Waals surface area contributed by atoms with Crippen molar-refractivity contribution in [1.82, 2.24) is 30.1 Å². The zero-order valence-corrected chi connectivity index (χ0v) is 19.7. The van der Waals surface area contributed by atoms with Crippen LogP contribution in [-0.2, 0) is 0 Å². The maximum atomic E-state index is 13.5. The summed E-state index contributed by atoms with van der Waals surface area (Å²) in [4.78, 5) is 41.6. The van der Waals surface area contributed by atoms with Gasteiger partial charge in [-0.2, -0.15) is 0 Å². The van der Waals surface area contributed by atoms with Gasteiger partial charge in [0.25, 0.3) is 5.91 Å². The molecule has 0 bridgehead atoms. The Hall–Kier alpha value is -3.27. The largest absolute Gasteiger partial charge is 0.472 e. The van der Waals surface area contributed by atoms with Crippen molar-refractivity contribution in [3.8, 4) is 17.0 Å². The van der Waals surface area contributed by atoms with Crippen LogP contribution in [0.1, 0.15) is 38.1 Å². The Bertz CT molecular complexity index is 971. The van der Waals surface area contributed by atoms with Gasteiger partial charge < -0.3 is 25.0 Å². The lowest BCUT2D eigenvalue weighted by Gasteiger charge is -2.37. The summed E-state index contributed by atoms with van der Waals surface area (Å²) in [6, 6.07) is 1.13. The Balaban J connectivity index is 1.97. The fourth-order valence-corrected chi connectivity index (χ4v) is 3.64. The molecule has 0 aliphatic carbocycles. The first-order valence-electron chi connectivity index (χ1n) is 11.1. The number of aliphatic hydroxyl groups is 1. The van der Waals surface area contributed by atoms with Gasteiger partial charge in [0.2, 0.25) is 5.88 Å². The van der Waals surface area contributed by atoms with Gasteiger partial charge in [-0.3, -0.25) is 4.79 Å². The van der Waals surface area contributed by atoms with Crippen LogP contribution in [0.2, 0.25) is 0 Å². The molecule has 1 aliphatic rings. The smallest absolute Gasteiger partial charge is 0.317 e. The molecule has 0 saturated heterocycles. The van der Waals surface area contributed by atoms with Crippen LogP contribution < -0.4 is 10.1 Å². The van der Waals surface area contributed by atoms with Crippen LogP contribution in [0.3, 0.4) is 0 Å². The van der Waals surface area contributed by atoms with E-state index in [1.54, 1.807) is 48.4 Å². The number of nitrogens with zero attached hydrogens (tertiary/aromatic N) is 5. The van der Waals surface area contributed by atoms with Crippen LogP contribution in [0.5, 0.6) is 5.88 Å². The van der Waals surface area contributed by atoms with E-state index < -0.39 is 12.1 Å². The van der Waals surface area contributed by atoms with Crippen molar-refractivity contribution in [2.45, 2.75) is 45.9 Å². The Morgan fingerprint density at radius 1 is 1.27 bits per heavy atom. The Morgan fingerprint density at radius 3 is 2.61 bits per heavy atom. The van der Waals surface area contributed by atoms with Crippen molar-refractivity contribution >= 4 is 11.9 Å². The van der Waals surface area contributed by atoms with Crippen molar-refractivity contribution < 1.29 is 19.4 Å². The second kappa shape index (κ2) is 10.6. The van der Waals surface area contributed by atoms with Gasteiger partial charge in [-0.05, 0) is 26.8 Å². The molecule has 0 aromatic carbocycles. The summed E-state index contributed by atoms with van der Waals surface area (Å²) in [5.41, 5.74) is 1.70. The highest BCUT2D eigenvalue weighted by Gasteiger charge is 2.34. The third-order valence-corrected chi connectivity index (χ3v) is 5.63. The number of urea groups is 1. The third kappa shape index (κ3) is 5.75. The SMILES string of the molecule is CC(C)NC(=O)N(C)C[C@@H]1Oc2ncc(-c3cncnc3)cc2C(=O)N([C@@H](C)CO)C[C@@H]1C. The number of hydrogen-bond donors (Lipinski definition) is 2. The zero-order valence-electron chi connectivity index (χ0n) is 19.7. The first-order valence-corrected chi connectivity index (χ1v) is 11.1. The number of ether oxygens (including phenoxy) is 1. The predicted molar refractivity (Wildman–Crippen MR) is 123 cm³/mol. The molecule has 33 heavy (non-hydrogen) atoms. The predicted octanol–water partition coefficient (Wildman–Crippen LogP) is 1.81. The summed E-state index contributed by atoms with van der Waals surface area (Å²) < 4.78 is 6.22. The van der Waals surface area contributed by atoms with Gasteiger partial charge in [-0.15, -0.1) is 0 Å². The van der Waals surface area contributed by atoms with Crippen LogP contribution in [-0.4, -0.2) is 86.7 Å². The van der Waals surface area contributed by atoms with E-state index in [1.165, 1.54) is 6.33 Å². The number of pyridine rings is 1. The molecular weight excluding hydrogens is 424 g/mol. The van der Waals surface area contributed by atoms with E-state index in [0.29, 0.717) is 24.2 Å². The van der Waals surface area contributed by atoms with E-state index in [-0.39, 0.29) is 36.4 Å². The number of nitrogens with one attached hydrogen (secondary N) is 1. The van der Waals surface area contributed by atoms with Crippen LogP contribution in [0, 0.1) is 5.92 Å². The molecule has 2 aromatic heterocycles. The van der Waals surface area contributed by atoms with Crippen LogP contribution in [0.25, 0.3) is 11.1 Å². The topological polar surface area (TPSA) is 121 Å². The van der Waals surface area contributed by atoms with E-state index >= 15 is 0 Å². The number of aromatic nitrogens is 3. The maximum absolute atomic E-state index is 13.5. The highest BCUT2D eigenvalue weighted by molar-refractivity contribution is 5.98. The zero-order chi connectivity index (χ0) is 24.1.